The van der Waals surface area contributed by atoms with Crippen LogP contribution in [0, 0.1) is 13.8 Å². The Balaban J connectivity index is 1.14. The minimum atomic E-state index is -0.625. The lowest BCUT2D eigenvalue weighted by Gasteiger charge is -2.35. The van der Waals surface area contributed by atoms with Crippen LogP contribution in [-0.4, -0.2) is 60.1 Å². The smallest absolute Gasteiger partial charge is 0.338 e. The molecule has 168 valence electrons. The third-order valence-corrected chi connectivity index (χ3v) is 7.07. The molecule has 0 bridgehead atoms. The Kier molecular flexibility index (Phi) is 5.76. The van der Waals surface area contributed by atoms with Crippen LogP contribution in [0.3, 0.4) is 0 Å². The molecule has 5 rings (SSSR count). The van der Waals surface area contributed by atoms with Gasteiger partial charge in [0, 0.05) is 55.6 Å². The number of fused-ring (bicyclic) bond motifs is 2. The zero-order valence-electron chi connectivity index (χ0n) is 18.8. The molecule has 0 aliphatic carbocycles. The van der Waals surface area contributed by atoms with Gasteiger partial charge < -0.3 is 19.2 Å². The molecule has 2 aromatic carbocycles. The Morgan fingerprint density at radius 3 is 2.62 bits per heavy atom. The zero-order valence-corrected chi connectivity index (χ0v) is 18.8. The number of hydrogen-bond donors (Lipinski definition) is 1. The van der Waals surface area contributed by atoms with Crippen molar-refractivity contribution in [2.75, 3.05) is 39.3 Å². The number of piperazine rings is 1. The van der Waals surface area contributed by atoms with Crippen LogP contribution in [0.5, 0.6) is 0 Å². The Labute approximate surface area is 188 Å². The predicted molar refractivity (Wildman–Crippen MR) is 123 cm³/mol. The maximum Gasteiger partial charge on any atom is 0.338 e. The number of carbonyl (C=O) groups is 1. The molecule has 1 aromatic heterocycles. The van der Waals surface area contributed by atoms with Crippen LogP contribution in [0.4, 0.5) is 0 Å². The Morgan fingerprint density at radius 1 is 1.03 bits per heavy atom. The number of aliphatic hydroxyl groups is 1. The monoisotopic (exact) mass is 434 g/mol. The summed E-state index contributed by atoms with van der Waals surface area (Å²) in [7, 11) is 0. The quantitative estimate of drug-likeness (QED) is 0.598. The molecule has 3 aromatic rings. The molecule has 32 heavy (non-hydrogen) atoms. The summed E-state index contributed by atoms with van der Waals surface area (Å²) in [5.74, 6) is 0.464. The van der Waals surface area contributed by atoms with Crippen LogP contribution in [0.15, 0.2) is 41.0 Å². The van der Waals surface area contributed by atoms with E-state index in [2.05, 4.69) is 35.8 Å². The largest absolute Gasteiger partial charge is 0.465 e. The summed E-state index contributed by atoms with van der Waals surface area (Å²) in [6, 6.07) is 10.1. The Hall–Kier alpha value is -2.67. The van der Waals surface area contributed by atoms with Gasteiger partial charge in [0.15, 0.2) is 0 Å². The van der Waals surface area contributed by atoms with Gasteiger partial charge in [-0.3, -0.25) is 4.90 Å². The van der Waals surface area contributed by atoms with Crippen molar-refractivity contribution in [3.8, 4) is 0 Å². The van der Waals surface area contributed by atoms with Crippen molar-refractivity contribution in [1.29, 1.82) is 0 Å². The lowest BCUT2D eigenvalue weighted by atomic mass is 9.96. The highest BCUT2D eigenvalue weighted by atomic mass is 16.5. The minimum absolute atomic E-state index is 0.203. The molecule has 1 saturated heterocycles. The van der Waals surface area contributed by atoms with Gasteiger partial charge in [0.25, 0.3) is 0 Å². The van der Waals surface area contributed by atoms with Crippen LogP contribution >= 0.6 is 0 Å². The number of β-amino-alcohol motifs (C(OH)–C–C–N with tert-alkyl or cyclic N) is 1. The number of furan rings is 1. The number of aliphatic hydroxyl groups excluding tert-OH is 1. The highest BCUT2D eigenvalue weighted by Gasteiger charge is 2.25. The van der Waals surface area contributed by atoms with Gasteiger partial charge in [-0.05, 0) is 43.0 Å². The normalized spacial score (nSPS) is 18.2. The zero-order chi connectivity index (χ0) is 22.2. The topological polar surface area (TPSA) is 66.2 Å². The van der Waals surface area contributed by atoms with Gasteiger partial charge in [-0.1, -0.05) is 24.3 Å². The van der Waals surface area contributed by atoms with E-state index >= 15 is 0 Å². The van der Waals surface area contributed by atoms with Gasteiger partial charge >= 0.3 is 5.97 Å². The van der Waals surface area contributed by atoms with Crippen LogP contribution in [-0.2, 0) is 17.8 Å². The molecular formula is C26H30N2O4. The fraction of sp³-hybridized carbons (Fsp3) is 0.423. The number of rotatable bonds is 6. The first-order valence-electron chi connectivity index (χ1n) is 11.4. The van der Waals surface area contributed by atoms with Crippen molar-refractivity contribution in [3.05, 3.63) is 70.2 Å². The maximum absolute atomic E-state index is 11.7. The number of carbonyl (C=O) groups excluding carboxylic acids is 1. The van der Waals surface area contributed by atoms with E-state index in [1.807, 2.05) is 18.2 Å². The van der Waals surface area contributed by atoms with Crippen molar-refractivity contribution < 1.29 is 19.1 Å². The third-order valence-electron chi connectivity index (χ3n) is 7.07. The van der Waals surface area contributed by atoms with E-state index in [0.717, 1.165) is 66.6 Å². The molecule has 1 atom stereocenters. The van der Waals surface area contributed by atoms with E-state index in [4.69, 9.17) is 9.15 Å². The average molecular weight is 435 g/mol. The first-order chi connectivity index (χ1) is 15.5. The van der Waals surface area contributed by atoms with Crippen molar-refractivity contribution in [2.45, 2.75) is 33.0 Å². The number of esters is 1. The fourth-order valence-corrected chi connectivity index (χ4v) is 4.97. The number of hydrogen-bond acceptors (Lipinski definition) is 6. The van der Waals surface area contributed by atoms with Crippen LogP contribution < -0.4 is 0 Å². The molecule has 6 heteroatoms. The standard InChI is InChI=1S/C26H30N2O4/c1-17-4-3-5-20-22(17)15-31-25(20)24(29)14-28-12-10-27(11-13-28)9-8-19-6-7-21-23(18(19)2)16-32-26(21)30/h3-7,15,24,29H,8-14,16H2,1-2H3/t24-/m1/s1. The number of ether oxygens (including phenoxy) is 1. The Morgan fingerprint density at radius 2 is 1.81 bits per heavy atom. The SMILES string of the molecule is Cc1c(CCN2CCN(C[C@@H](O)c3occ4c(C)cccc34)CC2)ccc2c1COC2=O. The van der Waals surface area contributed by atoms with Crippen LogP contribution in [0.2, 0.25) is 0 Å². The summed E-state index contributed by atoms with van der Waals surface area (Å²) < 4.78 is 10.9. The lowest BCUT2D eigenvalue weighted by molar-refractivity contribution is 0.0534. The van der Waals surface area contributed by atoms with Crippen molar-refractivity contribution in [2.24, 2.45) is 0 Å². The molecule has 0 saturated carbocycles. The summed E-state index contributed by atoms with van der Waals surface area (Å²) in [5, 5.41) is 12.9. The van der Waals surface area contributed by atoms with E-state index in [9.17, 15) is 9.90 Å². The van der Waals surface area contributed by atoms with Gasteiger partial charge in [-0.25, -0.2) is 4.79 Å². The molecule has 6 nitrogen and oxygen atoms in total. The van der Waals surface area contributed by atoms with E-state index < -0.39 is 6.10 Å². The molecular weight excluding hydrogens is 404 g/mol. The summed E-state index contributed by atoms with van der Waals surface area (Å²) in [6.07, 6.45) is 2.09. The first-order valence-corrected chi connectivity index (χ1v) is 11.4. The number of nitrogens with zero attached hydrogens (tertiary/aromatic N) is 2. The van der Waals surface area contributed by atoms with Gasteiger partial charge in [-0.15, -0.1) is 0 Å². The summed E-state index contributed by atoms with van der Waals surface area (Å²) >= 11 is 0. The van der Waals surface area contributed by atoms with E-state index in [-0.39, 0.29) is 5.97 Å². The average Bonchev–Trinajstić information content (AvgIpc) is 3.40. The fourth-order valence-electron chi connectivity index (χ4n) is 4.97. The maximum atomic E-state index is 11.7. The number of cyclic esters (lactones) is 1. The molecule has 3 heterocycles. The third kappa shape index (κ3) is 3.94. The summed E-state index contributed by atoms with van der Waals surface area (Å²) in [5.41, 5.74) is 5.41. The summed E-state index contributed by atoms with van der Waals surface area (Å²) in [4.78, 5) is 16.5. The Bertz CT molecular complexity index is 1140. The van der Waals surface area contributed by atoms with E-state index in [0.29, 0.717) is 18.9 Å². The van der Waals surface area contributed by atoms with E-state index in [1.165, 1.54) is 11.1 Å². The van der Waals surface area contributed by atoms with Crippen LogP contribution in [0.25, 0.3) is 10.8 Å². The molecule has 0 radical (unpaired) electrons. The molecule has 0 spiro atoms. The highest BCUT2D eigenvalue weighted by Crippen LogP contribution is 2.29. The molecule has 0 amide bonds. The molecule has 2 aliphatic heterocycles. The lowest BCUT2D eigenvalue weighted by Crippen LogP contribution is -2.47. The molecule has 1 N–H and O–H groups in total. The van der Waals surface area contributed by atoms with E-state index in [1.54, 1.807) is 6.26 Å². The van der Waals surface area contributed by atoms with Crippen molar-refractivity contribution in [3.63, 3.8) is 0 Å². The second kappa shape index (κ2) is 8.70. The summed E-state index contributed by atoms with van der Waals surface area (Å²) in [6.45, 7) is 9.96. The number of aryl methyl sites for hydroxylation is 1. The second-order valence-electron chi connectivity index (χ2n) is 9.00. The van der Waals surface area contributed by atoms with Crippen molar-refractivity contribution in [1.82, 2.24) is 9.80 Å². The first kappa shape index (κ1) is 21.2. The highest BCUT2D eigenvalue weighted by molar-refractivity contribution is 5.94. The van der Waals surface area contributed by atoms with Gasteiger partial charge in [0.2, 0.25) is 0 Å². The predicted octanol–water partition coefficient (Wildman–Crippen LogP) is 3.61. The van der Waals surface area contributed by atoms with Gasteiger partial charge in [0.05, 0.1) is 11.8 Å². The second-order valence-corrected chi connectivity index (χ2v) is 9.00. The van der Waals surface area contributed by atoms with Gasteiger partial charge in [0.1, 0.15) is 18.5 Å². The molecule has 1 fully saturated rings. The van der Waals surface area contributed by atoms with Gasteiger partial charge in [-0.2, -0.15) is 0 Å². The number of benzene rings is 2. The minimum Gasteiger partial charge on any atom is -0.465 e. The molecule has 2 aliphatic rings. The van der Waals surface area contributed by atoms with Crippen molar-refractivity contribution >= 4 is 16.7 Å². The molecule has 0 unspecified atom stereocenters. The van der Waals surface area contributed by atoms with Crippen LogP contribution in [0.1, 0.15) is 44.5 Å².